The molecule has 3 aromatic rings. The number of hydrogen-bond acceptors (Lipinski definition) is 2. The van der Waals surface area contributed by atoms with E-state index in [1.54, 1.807) is 24.3 Å². The molecule has 3 nitrogen and oxygen atoms in total. The van der Waals surface area contributed by atoms with E-state index in [0.29, 0.717) is 15.7 Å². The molecule has 0 bridgehead atoms. The normalized spacial score (nSPS) is 11.4. The van der Waals surface area contributed by atoms with E-state index in [9.17, 15) is 23.1 Å². The third-order valence-electron chi connectivity index (χ3n) is 4.50. The van der Waals surface area contributed by atoms with Crippen LogP contribution in [0.15, 0.2) is 60.7 Å². The van der Waals surface area contributed by atoms with Crippen molar-refractivity contribution in [3.63, 3.8) is 0 Å². The third-order valence-corrected chi connectivity index (χ3v) is 5.24. The molecule has 3 aromatic carbocycles. The Morgan fingerprint density at radius 2 is 1.50 bits per heavy atom. The zero-order valence-corrected chi connectivity index (χ0v) is 16.9. The first kappa shape index (κ1) is 22.0. The molecule has 0 atom stereocenters. The van der Waals surface area contributed by atoms with Gasteiger partial charge in [-0.25, -0.2) is 4.79 Å². The Morgan fingerprint density at radius 3 is 2.10 bits per heavy atom. The molecule has 0 unspecified atom stereocenters. The highest BCUT2D eigenvalue weighted by Gasteiger charge is 2.31. The topological polar surface area (TPSA) is 49.3 Å². The van der Waals surface area contributed by atoms with Crippen LogP contribution in [-0.2, 0) is 19.0 Å². The quantitative estimate of drug-likeness (QED) is 0.413. The van der Waals surface area contributed by atoms with E-state index in [4.69, 9.17) is 23.2 Å². The first-order valence-corrected chi connectivity index (χ1v) is 9.63. The van der Waals surface area contributed by atoms with Crippen LogP contribution in [0.1, 0.15) is 27.0 Å². The average Bonchev–Trinajstić information content (AvgIpc) is 2.69. The second-order valence-electron chi connectivity index (χ2n) is 6.63. The summed E-state index contributed by atoms with van der Waals surface area (Å²) in [6.45, 7) is 0. The van der Waals surface area contributed by atoms with Crippen LogP contribution in [0.2, 0.25) is 10.0 Å². The molecule has 0 saturated heterocycles. The fourth-order valence-electron chi connectivity index (χ4n) is 2.90. The van der Waals surface area contributed by atoms with E-state index in [-0.39, 0.29) is 11.3 Å². The minimum Gasteiger partial charge on any atom is -0.478 e. The highest BCUT2D eigenvalue weighted by atomic mass is 35.5. The van der Waals surface area contributed by atoms with Gasteiger partial charge in [0.1, 0.15) is 0 Å². The van der Waals surface area contributed by atoms with Crippen molar-refractivity contribution >= 4 is 40.5 Å². The largest absolute Gasteiger partial charge is 0.478 e. The zero-order valence-electron chi connectivity index (χ0n) is 15.4. The van der Waals surface area contributed by atoms with Gasteiger partial charge in [0, 0.05) is 5.69 Å². The number of alkyl halides is 3. The summed E-state index contributed by atoms with van der Waals surface area (Å²) in [7, 11) is 0. The molecule has 0 heterocycles. The summed E-state index contributed by atoms with van der Waals surface area (Å²) in [4.78, 5) is 11.4. The van der Waals surface area contributed by atoms with Crippen molar-refractivity contribution < 1.29 is 23.1 Å². The van der Waals surface area contributed by atoms with Crippen LogP contribution in [0.4, 0.5) is 24.5 Å². The second-order valence-corrected chi connectivity index (χ2v) is 7.45. The predicted octanol–water partition coefficient (Wildman–Crippen LogP) is 7.24. The van der Waals surface area contributed by atoms with Crippen LogP contribution in [0, 0.1) is 0 Å². The lowest BCUT2D eigenvalue weighted by Gasteiger charge is -2.14. The van der Waals surface area contributed by atoms with Crippen LogP contribution >= 0.6 is 23.2 Å². The molecule has 8 heteroatoms. The van der Waals surface area contributed by atoms with Crippen LogP contribution in [0.3, 0.4) is 0 Å². The van der Waals surface area contributed by atoms with Gasteiger partial charge in [-0.05, 0) is 66.4 Å². The predicted molar refractivity (Wildman–Crippen MR) is 112 cm³/mol. The van der Waals surface area contributed by atoms with Crippen LogP contribution < -0.4 is 5.32 Å². The van der Waals surface area contributed by atoms with Gasteiger partial charge in [-0.2, -0.15) is 13.2 Å². The SMILES string of the molecule is O=C(O)c1ccc(C(F)(F)F)cc1Nc1ccc(CCc2ccc(Cl)c(Cl)c2)cc1. The molecular weight excluding hydrogens is 438 g/mol. The van der Waals surface area contributed by atoms with Crippen molar-refractivity contribution in [1.29, 1.82) is 0 Å². The average molecular weight is 454 g/mol. The van der Waals surface area contributed by atoms with Gasteiger partial charge in [0.2, 0.25) is 0 Å². The van der Waals surface area contributed by atoms with E-state index < -0.39 is 17.7 Å². The molecule has 0 aliphatic carbocycles. The van der Waals surface area contributed by atoms with Crippen molar-refractivity contribution in [2.45, 2.75) is 19.0 Å². The number of rotatable bonds is 6. The third kappa shape index (κ3) is 5.46. The molecule has 3 rings (SSSR count). The fourth-order valence-corrected chi connectivity index (χ4v) is 3.23. The lowest BCUT2D eigenvalue weighted by Crippen LogP contribution is -2.09. The standard InChI is InChI=1S/C22H16Cl2F3NO2/c23-18-10-5-14(11-19(18)24)2-1-13-3-7-16(8-4-13)28-20-12-15(22(25,26)27)6-9-17(20)21(29)30/h3-12,28H,1-2H2,(H,29,30). The Labute approximate surface area is 181 Å². The summed E-state index contributed by atoms with van der Waals surface area (Å²) in [6, 6.07) is 15.0. The molecule has 0 spiro atoms. The number of nitrogens with one attached hydrogen (secondary N) is 1. The molecular formula is C22H16Cl2F3NO2. The maximum absolute atomic E-state index is 13.0. The van der Waals surface area contributed by atoms with Gasteiger partial charge in [0.05, 0.1) is 26.9 Å². The van der Waals surface area contributed by atoms with Gasteiger partial charge in [0.25, 0.3) is 0 Å². The molecule has 156 valence electrons. The lowest BCUT2D eigenvalue weighted by molar-refractivity contribution is -0.137. The maximum atomic E-state index is 13.0. The van der Waals surface area contributed by atoms with Gasteiger partial charge in [-0.15, -0.1) is 0 Å². The highest BCUT2D eigenvalue weighted by Crippen LogP contribution is 2.33. The number of halogens is 5. The van der Waals surface area contributed by atoms with Gasteiger partial charge in [0.15, 0.2) is 0 Å². The number of carbonyl (C=O) groups is 1. The Bertz CT molecular complexity index is 1070. The van der Waals surface area contributed by atoms with Gasteiger partial charge in [-0.3, -0.25) is 0 Å². The summed E-state index contributed by atoms with van der Waals surface area (Å²) >= 11 is 11.9. The molecule has 0 fully saturated rings. The first-order chi connectivity index (χ1) is 14.1. The smallest absolute Gasteiger partial charge is 0.416 e. The number of anilines is 2. The second kappa shape index (κ2) is 8.98. The number of aromatic carboxylic acids is 1. The lowest BCUT2D eigenvalue weighted by atomic mass is 10.0. The first-order valence-electron chi connectivity index (χ1n) is 8.88. The summed E-state index contributed by atoms with van der Waals surface area (Å²) < 4.78 is 38.9. The van der Waals surface area contributed by atoms with Crippen LogP contribution in [0.25, 0.3) is 0 Å². The highest BCUT2D eigenvalue weighted by molar-refractivity contribution is 6.42. The van der Waals surface area contributed by atoms with Crippen molar-refractivity contribution in [2.24, 2.45) is 0 Å². The van der Waals surface area contributed by atoms with Crippen molar-refractivity contribution in [3.8, 4) is 0 Å². The number of aryl methyl sites for hydroxylation is 2. The number of carboxylic acid groups (broad SMARTS) is 1. The van der Waals surface area contributed by atoms with Gasteiger partial charge < -0.3 is 10.4 Å². The molecule has 0 aliphatic rings. The van der Waals surface area contributed by atoms with E-state index >= 15 is 0 Å². The van der Waals surface area contributed by atoms with E-state index in [1.807, 2.05) is 18.2 Å². The minimum atomic E-state index is -4.57. The Hall–Kier alpha value is -2.70. The Kier molecular flexibility index (Phi) is 6.58. The molecule has 2 N–H and O–H groups in total. The van der Waals surface area contributed by atoms with Gasteiger partial charge in [-0.1, -0.05) is 41.4 Å². The van der Waals surface area contributed by atoms with Crippen LogP contribution in [0.5, 0.6) is 0 Å². The van der Waals surface area contributed by atoms with E-state index in [1.165, 1.54) is 0 Å². The summed E-state index contributed by atoms with van der Waals surface area (Å²) in [5, 5.41) is 13.0. The monoisotopic (exact) mass is 453 g/mol. The maximum Gasteiger partial charge on any atom is 0.416 e. The van der Waals surface area contributed by atoms with Crippen molar-refractivity contribution in [1.82, 2.24) is 0 Å². The number of hydrogen-bond donors (Lipinski definition) is 2. The number of benzene rings is 3. The molecule has 0 radical (unpaired) electrons. The molecule has 30 heavy (non-hydrogen) atoms. The summed E-state index contributed by atoms with van der Waals surface area (Å²) in [5.74, 6) is -1.32. The van der Waals surface area contributed by atoms with Crippen LogP contribution in [-0.4, -0.2) is 11.1 Å². The van der Waals surface area contributed by atoms with Crippen molar-refractivity contribution in [2.75, 3.05) is 5.32 Å². The van der Waals surface area contributed by atoms with Crippen molar-refractivity contribution in [3.05, 3.63) is 93.0 Å². The molecule has 0 aliphatic heterocycles. The molecule has 0 saturated carbocycles. The fraction of sp³-hybridized carbons (Fsp3) is 0.136. The zero-order chi connectivity index (χ0) is 21.9. The molecule has 0 amide bonds. The summed E-state index contributed by atoms with van der Waals surface area (Å²) in [5.41, 5.74) is 1.23. The Balaban J connectivity index is 1.73. The van der Waals surface area contributed by atoms with Gasteiger partial charge >= 0.3 is 12.1 Å². The minimum absolute atomic E-state index is 0.124. The number of carboxylic acids is 1. The Morgan fingerprint density at radius 1 is 0.867 bits per heavy atom. The molecule has 0 aromatic heterocycles. The van der Waals surface area contributed by atoms with E-state index in [0.717, 1.165) is 42.2 Å². The van der Waals surface area contributed by atoms with E-state index in [2.05, 4.69) is 5.32 Å². The summed E-state index contributed by atoms with van der Waals surface area (Å²) in [6.07, 6.45) is -3.11.